The SMILES string of the molecule is CCc1ccc2c(c1)c1nnc(SCC(=O)Nc3ccc4c(c3)OCO4)nc1n2C. The first-order valence-corrected chi connectivity index (χ1v) is 10.5. The van der Waals surface area contributed by atoms with E-state index in [1.54, 1.807) is 18.2 Å². The molecule has 1 aliphatic heterocycles. The highest BCUT2D eigenvalue weighted by Crippen LogP contribution is 2.34. The van der Waals surface area contributed by atoms with Gasteiger partial charge in [-0.3, -0.25) is 4.79 Å². The zero-order chi connectivity index (χ0) is 20.7. The maximum absolute atomic E-state index is 12.3. The largest absolute Gasteiger partial charge is 0.454 e. The highest BCUT2D eigenvalue weighted by atomic mass is 32.2. The molecule has 1 N–H and O–H groups in total. The topological polar surface area (TPSA) is 91.2 Å². The summed E-state index contributed by atoms with van der Waals surface area (Å²) in [6.45, 7) is 2.32. The smallest absolute Gasteiger partial charge is 0.234 e. The van der Waals surface area contributed by atoms with Gasteiger partial charge >= 0.3 is 0 Å². The number of benzene rings is 2. The second kappa shape index (κ2) is 7.49. The van der Waals surface area contributed by atoms with Crippen molar-refractivity contribution in [2.75, 3.05) is 17.9 Å². The third-order valence-corrected chi connectivity index (χ3v) is 5.88. The van der Waals surface area contributed by atoms with Crippen LogP contribution in [0.4, 0.5) is 5.69 Å². The maximum atomic E-state index is 12.3. The van der Waals surface area contributed by atoms with E-state index in [2.05, 4.69) is 45.6 Å². The summed E-state index contributed by atoms with van der Waals surface area (Å²) in [6, 6.07) is 11.6. The van der Waals surface area contributed by atoms with Gasteiger partial charge in [0.25, 0.3) is 0 Å². The highest BCUT2D eigenvalue weighted by molar-refractivity contribution is 7.99. The molecule has 1 aliphatic rings. The van der Waals surface area contributed by atoms with Crippen molar-refractivity contribution in [3.63, 3.8) is 0 Å². The average Bonchev–Trinajstić information content (AvgIpc) is 3.34. The van der Waals surface area contributed by atoms with Gasteiger partial charge in [-0.25, -0.2) is 4.98 Å². The van der Waals surface area contributed by atoms with Gasteiger partial charge in [0, 0.05) is 24.2 Å². The molecule has 8 nitrogen and oxygen atoms in total. The molecule has 0 spiro atoms. The average molecular weight is 421 g/mol. The Bertz CT molecular complexity index is 1290. The number of ether oxygens (including phenoxy) is 2. The number of rotatable bonds is 5. The molecule has 5 rings (SSSR count). The minimum absolute atomic E-state index is 0.160. The van der Waals surface area contributed by atoms with Crippen molar-refractivity contribution in [1.29, 1.82) is 0 Å². The number of hydrogen-bond acceptors (Lipinski definition) is 7. The first-order valence-electron chi connectivity index (χ1n) is 9.56. The lowest BCUT2D eigenvalue weighted by molar-refractivity contribution is -0.113. The number of carbonyl (C=O) groups is 1. The number of carbonyl (C=O) groups excluding carboxylic acids is 1. The van der Waals surface area contributed by atoms with Gasteiger partial charge in [-0.05, 0) is 36.2 Å². The monoisotopic (exact) mass is 421 g/mol. The molecule has 30 heavy (non-hydrogen) atoms. The summed E-state index contributed by atoms with van der Waals surface area (Å²) in [5.41, 5.74) is 4.49. The third kappa shape index (κ3) is 3.30. The molecule has 0 atom stereocenters. The third-order valence-electron chi connectivity index (χ3n) is 5.04. The van der Waals surface area contributed by atoms with E-state index in [4.69, 9.17) is 9.47 Å². The number of nitrogens with zero attached hydrogens (tertiary/aromatic N) is 4. The summed E-state index contributed by atoms with van der Waals surface area (Å²) >= 11 is 1.25. The van der Waals surface area contributed by atoms with E-state index < -0.39 is 0 Å². The Hall–Kier alpha value is -3.33. The van der Waals surface area contributed by atoms with Crippen molar-refractivity contribution in [1.82, 2.24) is 19.7 Å². The van der Waals surface area contributed by atoms with Crippen LogP contribution in [0.1, 0.15) is 12.5 Å². The van der Waals surface area contributed by atoms with Crippen LogP contribution in [0.3, 0.4) is 0 Å². The molecule has 3 heterocycles. The first kappa shape index (κ1) is 18.7. The summed E-state index contributed by atoms with van der Waals surface area (Å²) in [7, 11) is 1.96. The van der Waals surface area contributed by atoms with E-state index in [0.29, 0.717) is 22.3 Å². The number of fused-ring (bicyclic) bond motifs is 4. The van der Waals surface area contributed by atoms with Crippen LogP contribution >= 0.6 is 11.8 Å². The predicted molar refractivity (Wildman–Crippen MR) is 115 cm³/mol. The van der Waals surface area contributed by atoms with Crippen LogP contribution in [0.5, 0.6) is 11.5 Å². The molecule has 0 bridgehead atoms. The minimum atomic E-state index is -0.160. The van der Waals surface area contributed by atoms with E-state index in [-0.39, 0.29) is 18.5 Å². The number of nitrogens with one attached hydrogen (secondary N) is 1. The van der Waals surface area contributed by atoms with Gasteiger partial charge in [-0.1, -0.05) is 24.8 Å². The van der Waals surface area contributed by atoms with Crippen molar-refractivity contribution in [3.8, 4) is 11.5 Å². The number of aryl methyl sites for hydroxylation is 2. The molecule has 0 aliphatic carbocycles. The summed E-state index contributed by atoms with van der Waals surface area (Å²) in [4.78, 5) is 17.0. The van der Waals surface area contributed by atoms with Crippen LogP contribution in [0, 0.1) is 0 Å². The Morgan fingerprint density at radius 2 is 2.03 bits per heavy atom. The standard InChI is InChI=1S/C21H19N5O3S/c1-3-12-4-6-15-14(8-12)19-20(26(15)2)23-21(25-24-19)30-10-18(27)22-13-5-7-16-17(9-13)29-11-28-16/h4-9H,3,10-11H2,1-2H3,(H,22,27). The number of anilines is 1. The molecule has 9 heteroatoms. The molecule has 0 saturated carbocycles. The van der Waals surface area contributed by atoms with Crippen LogP contribution in [0.2, 0.25) is 0 Å². The van der Waals surface area contributed by atoms with Gasteiger partial charge in [0.15, 0.2) is 17.1 Å². The summed E-state index contributed by atoms with van der Waals surface area (Å²) < 4.78 is 12.6. The number of aromatic nitrogens is 4. The lowest BCUT2D eigenvalue weighted by atomic mass is 10.1. The first-order chi connectivity index (χ1) is 14.6. The zero-order valence-electron chi connectivity index (χ0n) is 16.5. The molecule has 0 saturated heterocycles. The summed E-state index contributed by atoms with van der Waals surface area (Å²) in [5.74, 6) is 1.31. The minimum Gasteiger partial charge on any atom is -0.454 e. The molecule has 1 amide bonds. The van der Waals surface area contributed by atoms with Gasteiger partial charge in [-0.15, -0.1) is 10.2 Å². The molecular weight excluding hydrogens is 402 g/mol. The Balaban J connectivity index is 1.32. The summed E-state index contributed by atoms with van der Waals surface area (Å²) in [5, 5.41) is 13.0. The number of thioether (sulfide) groups is 1. The molecule has 4 aromatic rings. The van der Waals surface area contributed by atoms with E-state index in [9.17, 15) is 4.79 Å². The quantitative estimate of drug-likeness (QED) is 0.493. The van der Waals surface area contributed by atoms with Gasteiger partial charge < -0.3 is 19.4 Å². The Labute approximate surface area is 176 Å². The van der Waals surface area contributed by atoms with E-state index in [1.165, 1.54) is 17.3 Å². The van der Waals surface area contributed by atoms with Gasteiger partial charge in [0.2, 0.25) is 17.9 Å². The second-order valence-corrected chi connectivity index (χ2v) is 7.88. The fourth-order valence-corrected chi connectivity index (χ4v) is 4.06. The second-order valence-electron chi connectivity index (χ2n) is 6.94. The number of amides is 1. The molecular formula is C21H19N5O3S. The van der Waals surface area contributed by atoms with Crippen molar-refractivity contribution >= 4 is 45.4 Å². The molecule has 2 aromatic carbocycles. The van der Waals surface area contributed by atoms with Crippen LogP contribution in [-0.2, 0) is 18.3 Å². The van der Waals surface area contributed by atoms with E-state index in [1.807, 2.05) is 11.6 Å². The van der Waals surface area contributed by atoms with Crippen molar-refractivity contribution in [2.24, 2.45) is 7.05 Å². The molecule has 152 valence electrons. The van der Waals surface area contributed by atoms with Crippen molar-refractivity contribution < 1.29 is 14.3 Å². The molecule has 2 aromatic heterocycles. The van der Waals surface area contributed by atoms with E-state index >= 15 is 0 Å². The normalized spacial score (nSPS) is 12.6. The molecule has 0 unspecified atom stereocenters. The number of hydrogen-bond donors (Lipinski definition) is 1. The maximum Gasteiger partial charge on any atom is 0.234 e. The van der Waals surface area contributed by atoms with Crippen LogP contribution in [0.25, 0.3) is 22.1 Å². The highest BCUT2D eigenvalue weighted by Gasteiger charge is 2.16. The molecule has 0 fully saturated rings. The van der Waals surface area contributed by atoms with Gasteiger partial charge in [0.1, 0.15) is 5.52 Å². The summed E-state index contributed by atoms with van der Waals surface area (Å²) in [6.07, 6.45) is 0.958. The Morgan fingerprint density at radius 1 is 1.17 bits per heavy atom. The van der Waals surface area contributed by atoms with E-state index in [0.717, 1.165) is 28.5 Å². The van der Waals surface area contributed by atoms with Crippen molar-refractivity contribution in [3.05, 3.63) is 42.0 Å². The van der Waals surface area contributed by atoms with Gasteiger partial charge in [-0.2, -0.15) is 0 Å². The Kier molecular flexibility index (Phi) is 4.66. The fraction of sp³-hybridized carbons (Fsp3) is 0.238. The zero-order valence-corrected chi connectivity index (χ0v) is 17.3. The lowest BCUT2D eigenvalue weighted by Gasteiger charge is -2.05. The van der Waals surface area contributed by atoms with Crippen LogP contribution < -0.4 is 14.8 Å². The molecule has 0 radical (unpaired) electrons. The fourth-order valence-electron chi connectivity index (χ4n) is 3.47. The Morgan fingerprint density at radius 3 is 2.90 bits per heavy atom. The predicted octanol–water partition coefficient (Wildman–Crippen LogP) is 3.54. The van der Waals surface area contributed by atoms with Crippen molar-refractivity contribution in [2.45, 2.75) is 18.5 Å². The van der Waals surface area contributed by atoms with Crippen LogP contribution in [0.15, 0.2) is 41.6 Å². The van der Waals surface area contributed by atoms with Crippen LogP contribution in [-0.4, -0.2) is 38.2 Å². The van der Waals surface area contributed by atoms with Gasteiger partial charge in [0.05, 0.1) is 11.3 Å². The lowest BCUT2D eigenvalue weighted by Crippen LogP contribution is -2.14.